The maximum Gasteiger partial charge on any atom is 0.130 e. The van der Waals surface area contributed by atoms with E-state index in [0.29, 0.717) is 11.3 Å². The molecule has 0 radical (unpaired) electrons. The van der Waals surface area contributed by atoms with Gasteiger partial charge in [-0.05, 0) is 30.2 Å². The third-order valence-electron chi connectivity index (χ3n) is 2.75. The van der Waals surface area contributed by atoms with Crippen LogP contribution < -0.4 is 10.5 Å². The number of nitrogens with one attached hydrogen (secondary N) is 1. The molecule has 0 aliphatic carbocycles. The zero-order valence-electron chi connectivity index (χ0n) is 12.6. The average Bonchev–Trinajstić information content (AvgIpc) is 2.25. The maximum absolute atomic E-state index is 7.50. The second kappa shape index (κ2) is 6.06. The van der Waals surface area contributed by atoms with Gasteiger partial charge in [0.2, 0.25) is 0 Å². The number of nitrogens with two attached hydrogens (primary N) is 1. The second-order valence-electron chi connectivity index (χ2n) is 6.18. The molecule has 4 heteroatoms. The van der Waals surface area contributed by atoms with E-state index in [4.69, 9.17) is 15.9 Å². The molecule has 0 fully saturated rings. The van der Waals surface area contributed by atoms with Crippen molar-refractivity contribution >= 4 is 5.84 Å². The average molecular weight is 263 g/mol. The van der Waals surface area contributed by atoms with E-state index in [-0.39, 0.29) is 11.3 Å². The van der Waals surface area contributed by atoms with E-state index in [1.165, 1.54) is 0 Å². The van der Waals surface area contributed by atoms with Crippen molar-refractivity contribution in [2.75, 3.05) is 20.7 Å². The molecule has 0 atom stereocenters. The summed E-state index contributed by atoms with van der Waals surface area (Å²) in [5.41, 5.74) is 7.60. The van der Waals surface area contributed by atoms with Gasteiger partial charge in [-0.2, -0.15) is 0 Å². The molecule has 0 unspecified atom stereocenters. The minimum absolute atomic E-state index is 0.0337. The summed E-state index contributed by atoms with van der Waals surface area (Å²) in [6, 6.07) is 5.80. The molecule has 0 amide bonds. The molecule has 3 N–H and O–H groups in total. The molecule has 4 nitrogen and oxygen atoms in total. The molecule has 1 rings (SSSR count). The van der Waals surface area contributed by atoms with Gasteiger partial charge >= 0.3 is 0 Å². The Kier molecular flexibility index (Phi) is 4.95. The fourth-order valence-electron chi connectivity index (χ4n) is 2.23. The van der Waals surface area contributed by atoms with Crippen molar-refractivity contribution in [3.63, 3.8) is 0 Å². The molecule has 0 spiro atoms. The zero-order chi connectivity index (χ0) is 14.6. The Labute approximate surface area is 116 Å². The van der Waals surface area contributed by atoms with Crippen molar-refractivity contribution in [2.45, 2.75) is 27.3 Å². The van der Waals surface area contributed by atoms with Gasteiger partial charge in [0.05, 0.1) is 12.7 Å². The number of methoxy groups -OCH3 is 1. The van der Waals surface area contributed by atoms with Crippen molar-refractivity contribution in [3.8, 4) is 5.75 Å². The van der Waals surface area contributed by atoms with Crippen molar-refractivity contribution < 1.29 is 4.74 Å². The lowest BCUT2D eigenvalue weighted by atomic mass is 9.96. The molecule has 0 aliphatic rings. The van der Waals surface area contributed by atoms with Crippen LogP contribution in [0.5, 0.6) is 5.75 Å². The second-order valence-corrected chi connectivity index (χ2v) is 6.18. The molecule has 0 heterocycles. The largest absolute Gasteiger partial charge is 0.496 e. The van der Waals surface area contributed by atoms with Crippen molar-refractivity contribution in [3.05, 3.63) is 29.3 Å². The van der Waals surface area contributed by atoms with Gasteiger partial charge in [-0.25, -0.2) is 0 Å². The first-order valence-electron chi connectivity index (χ1n) is 6.43. The summed E-state index contributed by atoms with van der Waals surface area (Å²) in [5.74, 6) is 0.695. The first kappa shape index (κ1) is 15.5. The quantitative estimate of drug-likeness (QED) is 0.633. The summed E-state index contributed by atoms with van der Waals surface area (Å²) >= 11 is 0. The predicted molar refractivity (Wildman–Crippen MR) is 79.8 cm³/mol. The maximum atomic E-state index is 7.50. The van der Waals surface area contributed by atoms with Crippen LogP contribution in [0.4, 0.5) is 0 Å². The van der Waals surface area contributed by atoms with Crippen LogP contribution >= 0.6 is 0 Å². The van der Waals surface area contributed by atoms with E-state index in [1.54, 1.807) is 7.11 Å². The molecule has 0 saturated heterocycles. The van der Waals surface area contributed by atoms with Gasteiger partial charge in [0.1, 0.15) is 11.6 Å². The summed E-state index contributed by atoms with van der Waals surface area (Å²) < 4.78 is 5.29. The highest BCUT2D eigenvalue weighted by atomic mass is 16.5. The lowest BCUT2D eigenvalue weighted by Gasteiger charge is -2.26. The van der Waals surface area contributed by atoms with E-state index < -0.39 is 0 Å². The monoisotopic (exact) mass is 263 g/mol. The van der Waals surface area contributed by atoms with Crippen LogP contribution in [-0.4, -0.2) is 31.4 Å². The van der Waals surface area contributed by atoms with Crippen LogP contribution in [0.1, 0.15) is 31.9 Å². The normalized spacial score (nSPS) is 11.7. The van der Waals surface area contributed by atoms with Crippen LogP contribution in [-0.2, 0) is 6.54 Å². The van der Waals surface area contributed by atoms with Crippen LogP contribution in [0, 0.1) is 10.8 Å². The standard InChI is InChI=1S/C15H25N3O/c1-15(2,3)10-18(4)9-11-6-7-12(14(16)17)13(8-11)19-5/h6-8H,9-10H2,1-5H3,(H3,16,17). The molecule has 19 heavy (non-hydrogen) atoms. The van der Waals surface area contributed by atoms with E-state index in [9.17, 15) is 0 Å². The lowest BCUT2D eigenvalue weighted by molar-refractivity contribution is 0.220. The summed E-state index contributed by atoms with van der Waals surface area (Å²) in [6.45, 7) is 8.55. The topological polar surface area (TPSA) is 62.3 Å². The van der Waals surface area contributed by atoms with Gasteiger partial charge in [0, 0.05) is 13.1 Å². The van der Waals surface area contributed by atoms with E-state index >= 15 is 0 Å². The van der Waals surface area contributed by atoms with Crippen LogP contribution in [0.15, 0.2) is 18.2 Å². The van der Waals surface area contributed by atoms with Gasteiger partial charge in [-0.1, -0.05) is 26.8 Å². The fraction of sp³-hybridized carbons (Fsp3) is 0.533. The number of nitrogens with zero attached hydrogens (tertiary/aromatic N) is 1. The van der Waals surface area contributed by atoms with E-state index in [2.05, 4.69) is 32.7 Å². The number of ether oxygens (including phenoxy) is 1. The van der Waals surface area contributed by atoms with Gasteiger partial charge in [0.15, 0.2) is 0 Å². The Bertz CT molecular complexity index is 449. The first-order chi connectivity index (χ1) is 8.73. The Morgan fingerprint density at radius 3 is 2.47 bits per heavy atom. The molecule has 0 aromatic heterocycles. The lowest BCUT2D eigenvalue weighted by Crippen LogP contribution is -2.28. The van der Waals surface area contributed by atoms with Gasteiger partial charge in [-0.3, -0.25) is 5.41 Å². The minimum Gasteiger partial charge on any atom is -0.496 e. The Balaban J connectivity index is 2.83. The molecule has 0 saturated carbocycles. The van der Waals surface area contributed by atoms with Gasteiger partial charge in [-0.15, -0.1) is 0 Å². The fourth-order valence-corrected chi connectivity index (χ4v) is 2.23. The zero-order valence-corrected chi connectivity index (χ0v) is 12.6. The predicted octanol–water partition coefficient (Wildman–Crippen LogP) is 2.46. The van der Waals surface area contributed by atoms with Crippen molar-refractivity contribution in [1.29, 1.82) is 5.41 Å². The van der Waals surface area contributed by atoms with Crippen molar-refractivity contribution in [2.24, 2.45) is 11.1 Å². The van der Waals surface area contributed by atoms with Crippen LogP contribution in [0.3, 0.4) is 0 Å². The number of hydrogen-bond acceptors (Lipinski definition) is 3. The van der Waals surface area contributed by atoms with Crippen molar-refractivity contribution in [1.82, 2.24) is 4.90 Å². The SMILES string of the molecule is COc1cc(CN(C)CC(C)(C)C)ccc1C(=N)N. The molecular weight excluding hydrogens is 238 g/mol. The highest BCUT2D eigenvalue weighted by Crippen LogP contribution is 2.21. The number of hydrogen-bond donors (Lipinski definition) is 2. The van der Waals surface area contributed by atoms with Gasteiger partial charge in [0.25, 0.3) is 0 Å². The number of rotatable bonds is 5. The van der Waals surface area contributed by atoms with Crippen LogP contribution in [0.2, 0.25) is 0 Å². The first-order valence-corrected chi connectivity index (χ1v) is 6.43. The number of nitrogen functional groups attached to an aromatic ring is 1. The summed E-state index contributed by atoms with van der Waals surface area (Å²) in [7, 11) is 3.71. The Morgan fingerprint density at radius 1 is 1.37 bits per heavy atom. The van der Waals surface area contributed by atoms with E-state index in [1.807, 2.05) is 18.2 Å². The molecule has 106 valence electrons. The number of benzene rings is 1. The Morgan fingerprint density at radius 2 is 2.00 bits per heavy atom. The summed E-state index contributed by atoms with van der Waals surface area (Å²) in [4.78, 5) is 2.28. The molecule has 1 aromatic carbocycles. The summed E-state index contributed by atoms with van der Waals surface area (Å²) in [5, 5.41) is 7.50. The third kappa shape index (κ3) is 4.91. The van der Waals surface area contributed by atoms with Crippen LogP contribution in [0.25, 0.3) is 0 Å². The van der Waals surface area contributed by atoms with Gasteiger partial charge < -0.3 is 15.4 Å². The Hall–Kier alpha value is -1.55. The highest BCUT2D eigenvalue weighted by molar-refractivity contribution is 5.97. The van der Waals surface area contributed by atoms with E-state index in [0.717, 1.165) is 18.7 Å². The third-order valence-corrected chi connectivity index (χ3v) is 2.75. The number of amidine groups is 1. The molecule has 1 aromatic rings. The minimum atomic E-state index is 0.0337. The molecule has 0 bridgehead atoms. The summed E-state index contributed by atoms with van der Waals surface area (Å²) in [6.07, 6.45) is 0. The molecular formula is C15H25N3O. The molecule has 0 aliphatic heterocycles. The smallest absolute Gasteiger partial charge is 0.130 e. The highest BCUT2D eigenvalue weighted by Gasteiger charge is 2.14.